The van der Waals surface area contributed by atoms with Crippen LogP contribution in [0.5, 0.6) is 5.75 Å². The number of ether oxygens (including phenoxy) is 1. The maximum Gasteiger partial charge on any atom is 0.303 e. The van der Waals surface area contributed by atoms with Crippen LogP contribution in [0, 0.1) is 0 Å². The molecule has 0 spiro atoms. The van der Waals surface area contributed by atoms with Crippen LogP contribution in [0.3, 0.4) is 0 Å². The minimum absolute atomic E-state index is 0.0460. The summed E-state index contributed by atoms with van der Waals surface area (Å²) in [5, 5.41) is 12.0. The molecule has 0 radical (unpaired) electrons. The Balaban J connectivity index is 2.88. The van der Waals surface area contributed by atoms with Crippen molar-refractivity contribution in [2.24, 2.45) is 0 Å². The average Bonchev–Trinajstić information content (AvgIpc) is 2.41. The quantitative estimate of drug-likeness (QED) is 0.755. The van der Waals surface area contributed by atoms with E-state index in [1.165, 1.54) is 0 Å². The van der Waals surface area contributed by atoms with Crippen molar-refractivity contribution in [3.05, 3.63) is 29.8 Å². The minimum atomic E-state index is -0.904. The van der Waals surface area contributed by atoms with E-state index in [4.69, 9.17) is 9.84 Å². The van der Waals surface area contributed by atoms with Crippen LogP contribution in [0.25, 0.3) is 0 Å². The summed E-state index contributed by atoms with van der Waals surface area (Å²) >= 11 is 0. The van der Waals surface area contributed by atoms with Gasteiger partial charge in [-0.2, -0.15) is 0 Å². The van der Waals surface area contributed by atoms with Gasteiger partial charge >= 0.3 is 5.97 Å². The lowest BCUT2D eigenvalue weighted by Gasteiger charge is -2.27. The van der Waals surface area contributed by atoms with Crippen LogP contribution < -0.4 is 10.1 Å². The summed E-state index contributed by atoms with van der Waals surface area (Å²) < 4.78 is 5.06. The number of carboxylic acids is 1. The molecule has 116 valence electrons. The summed E-state index contributed by atoms with van der Waals surface area (Å²) in [5.41, 5.74) is 0.272. The third-order valence-corrected chi connectivity index (χ3v) is 2.95. The van der Waals surface area contributed by atoms with Gasteiger partial charge in [0.1, 0.15) is 5.75 Å². The van der Waals surface area contributed by atoms with Gasteiger partial charge in [0.25, 0.3) is 0 Å². The van der Waals surface area contributed by atoms with Crippen molar-refractivity contribution in [3.63, 3.8) is 0 Å². The first kappa shape index (κ1) is 17.2. The van der Waals surface area contributed by atoms with Gasteiger partial charge in [-0.1, -0.05) is 0 Å². The number of carbonyl (C=O) groups is 2. The average molecular weight is 293 g/mol. The SMILES string of the molecule is COc1ccc(C(=O)C(CCC(=O)O)NC(C)(C)C)cc1. The summed E-state index contributed by atoms with van der Waals surface area (Å²) in [6, 6.07) is 6.31. The van der Waals surface area contributed by atoms with Crippen LogP contribution in [-0.2, 0) is 4.79 Å². The van der Waals surface area contributed by atoms with Crippen molar-refractivity contribution in [1.82, 2.24) is 5.32 Å². The second kappa shape index (κ2) is 7.22. The van der Waals surface area contributed by atoms with Gasteiger partial charge in [0.05, 0.1) is 13.2 Å². The van der Waals surface area contributed by atoms with Crippen LogP contribution in [0.4, 0.5) is 0 Å². The van der Waals surface area contributed by atoms with Crippen LogP contribution in [-0.4, -0.2) is 35.5 Å². The Bertz CT molecular complexity index is 488. The van der Waals surface area contributed by atoms with Gasteiger partial charge in [-0.05, 0) is 51.5 Å². The molecular weight excluding hydrogens is 270 g/mol. The minimum Gasteiger partial charge on any atom is -0.497 e. The van der Waals surface area contributed by atoms with Crippen molar-refractivity contribution in [1.29, 1.82) is 0 Å². The largest absolute Gasteiger partial charge is 0.497 e. The first-order valence-electron chi connectivity index (χ1n) is 6.90. The molecule has 1 aromatic rings. The lowest BCUT2D eigenvalue weighted by Crippen LogP contribution is -2.48. The second-order valence-corrected chi connectivity index (χ2v) is 5.97. The number of aliphatic carboxylic acids is 1. The van der Waals surface area contributed by atoms with E-state index in [2.05, 4.69) is 5.32 Å². The van der Waals surface area contributed by atoms with E-state index in [0.717, 1.165) is 0 Å². The molecule has 0 aliphatic carbocycles. The number of carbonyl (C=O) groups excluding carboxylic acids is 1. The number of ketones is 1. The van der Waals surface area contributed by atoms with E-state index < -0.39 is 12.0 Å². The van der Waals surface area contributed by atoms with Gasteiger partial charge in [-0.15, -0.1) is 0 Å². The number of carboxylic acid groups (broad SMARTS) is 1. The molecule has 0 aliphatic rings. The highest BCUT2D eigenvalue weighted by Crippen LogP contribution is 2.16. The van der Waals surface area contributed by atoms with Crippen LogP contribution in [0.2, 0.25) is 0 Å². The fourth-order valence-electron chi connectivity index (χ4n) is 2.02. The molecule has 0 aromatic heterocycles. The lowest BCUT2D eigenvalue weighted by molar-refractivity contribution is -0.137. The van der Waals surface area contributed by atoms with Crippen LogP contribution in [0.1, 0.15) is 44.0 Å². The molecule has 0 saturated carbocycles. The molecule has 0 saturated heterocycles. The van der Waals surface area contributed by atoms with E-state index in [0.29, 0.717) is 11.3 Å². The highest BCUT2D eigenvalue weighted by Gasteiger charge is 2.25. The summed E-state index contributed by atoms with van der Waals surface area (Å²) in [7, 11) is 1.56. The molecule has 5 heteroatoms. The number of nitrogens with one attached hydrogen (secondary N) is 1. The summed E-state index contributed by atoms with van der Waals surface area (Å²) in [6.45, 7) is 5.84. The Morgan fingerprint density at radius 2 is 1.81 bits per heavy atom. The molecule has 5 nitrogen and oxygen atoms in total. The van der Waals surface area contributed by atoms with Crippen molar-refractivity contribution >= 4 is 11.8 Å². The molecular formula is C16H23NO4. The molecule has 0 heterocycles. The van der Waals surface area contributed by atoms with Crippen LogP contribution >= 0.6 is 0 Å². The zero-order chi connectivity index (χ0) is 16.0. The molecule has 2 N–H and O–H groups in total. The van der Waals surface area contributed by atoms with Crippen molar-refractivity contribution in [2.45, 2.75) is 45.2 Å². The van der Waals surface area contributed by atoms with Gasteiger partial charge < -0.3 is 15.2 Å². The van der Waals surface area contributed by atoms with Crippen molar-refractivity contribution < 1.29 is 19.4 Å². The zero-order valence-electron chi connectivity index (χ0n) is 13.0. The molecule has 1 unspecified atom stereocenters. The summed E-state index contributed by atoms with van der Waals surface area (Å²) in [6.07, 6.45) is 0.215. The molecule has 0 fully saturated rings. The maximum absolute atomic E-state index is 12.5. The van der Waals surface area contributed by atoms with E-state index in [9.17, 15) is 9.59 Å². The number of rotatable bonds is 7. The lowest BCUT2D eigenvalue weighted by atomic mass is 9.96. The van der Waals surface area contributed by atoms with Gasteiger partial charge in [0.2, 0.25) is 0 Å². The first-order valence-corrected chi connectivity index (χ1v) is 6.90. The van der Waals surface area contributed by atoms with Gasteiger partial charge in [0, 0.05) is 17.5 Å². The summed E-state index contributed by atoms with van der Waals surface area (Å²) in [5.74, 6) is -0.329. The monoisotopic (exact) mass is 293 g/mol. The topological polar surface area (TPSA) is 75.6 Å². The molecule has 1 rings (SSSR count). The van der Waals surface area contributed by atoms with Gasteiger partial charge in [-0.25, -0.2) is 0 Å². The molecule has 0 aliphatic heterocycles. The van der Waals surface area contributed by atoms with Crippen LogP contribution in [0.15, 0.2) is 24.3 Å². The smallest absolute Gasteiger partial charge is 0.303 e. The highest BCUT2D eigenvalue weighted by molar-refractivity contribution is 6.00. The van der Waals surface area contributed by atoms with E-state index >= 15 is 0 Å². The van der Waals surface area contributed by atoms with Crippen molar-refractivity contribution in [3.8, 4) is 5.75 Å². The van der Waals surface area contributed by atoms with Gasteiger partial charge in [0.15, 0.2) is 5.78 Å². The Morgan fingerprint density at radius 3 is 2.24 bits per heavy atom. The van der Waals surface area contributed by atoms with E-state index in [-0.39, 0.29) is 24.2 Å². The second-order valence-electron chi connectivity index (χ2n) is 5.97. The predicted octanol–water partition coefficient (Wildman–Crippen LogP) is 2.50. The third-order valence-electron chi connectivity index (χ3n) is 2.95. The fourth-order valence-corrected chi connectivity index (χ4v) is 2.02. The number of Topliss-reactive ketones (excluding diaryl/α,β-unsaturated/α-hetero) is 1. The predicted molar refractivity (Wildman–Crippen MR) is 80.9 cm³/mol. The maximum atomic E-state index is 12.5. The zero-order valence-corrected chi connectivity index (χ0v) is 13.0. The number of hydrogen-bond acceptors (Lipinski definition) is 4. The third kappa shape index (κ3) is 5.95. The Labute approximate surface area is 125 Å². The Hall–Kier alpha value is -1.88. The first-order chi connectivity index (χ1) is 9.73. The molecule has 21 heavy (non-hydrogen) atoms. The number of methoxy groups -OCH3 is 1. The molecule has 1 atom stereocenters. The molecule has 0 bridgehead atoms. The standard InChI is InChI=1S/C16H23NO4/c1-16(2,3)17-13(9-10-14(18)19)15(20)11-5-7-12(21-4)8-6-11/h5-8,13,17H,9-10H2,1-4H3,(H,18,19). The van der Waals surface area contributed by atoms with Crippen molar-refractivity contribution in [2.75, 3.05) is 7.11 Å². The Kier molecular flexibility index (Phi) is 5.90. The van der Waals surface area contributed by atoms with Gasteiger partial charge in [-0.3, -0.25) is 9.59 Å². The number of benzene rings is 1. The molecule has 1 aromatic carbocycles. The normalized spacial score (nSPS) is 12.8. The van der Waals surface area contributed by atoms with E-state index in [1.54, 1.807) is 31.4 Å². The van der Waals surface area contributed by atoms with E-state index in [1.807, 2.05) is 20.8 Å². The molecule has 0 amide bonds. The summed E-state index contributed by atoms with van der Waals surface area (Å²) in [4.78, 5) is 23.3. The number of hydrogen-bond donors (Lipinski definition) is 2. The Morgan fingerprint density at radius 1 is 1.24 bits per heavy atom. The highest BCUT2D eigenvalue weighted by atomic mass is 16.5. The fraction of sp³-hybridized carbons (Fsp3) is 0.500.